The Morgan fingerprint density at radius 1 is 1.20 bits per heavy atom. The van der Waals surface area contributed by atoms with Crippen molar-refractivity contribution in [1.29, 1.82) is 0 Å². The molecule has 0 fully saturated rings. The van der Waals surface area contributed by atoms with Crippen LogP contribution in [0.5, 0.6) is 5.75 Å². The van der Waals surface area contributed by atoms with E-state index in [4.69, 9.17) is 4.74 Å². The highest BCUT2D eigenvalue weighted by molar-refractivity contribution is 7.99. The van der Waals surface area contributed by atoms with Gasteiger partial charge in [-0.05, 0) is 37.6 Å². The number of aromatic hydroxyl groups is 1. The van der Waals surface area contributed by atoms with Gasteiger partial charge in [0.25, 0.3) is 0 Å². The molecule has 0 aliphatic rings. The normalized spacial score (nSPS) is 10.3. The molecule has 0 unspecified atom stereocenters. The van der Waals surface area contributed by atoms with Gasteiger partial charge < -0.3 is 9.84 Å². The topological polar surface area (TPSA) is 46.5 Å². The second-order valence-electron chi connectivity index (χ2n) is 4.24. The van der Waals surface area contributed by atoms with E-state index >= 15 is 0 Å². The zero-order valence-corrected chi connectivity index (χ0v) is 12.2. The van der Waals surface area contributed by atoms with E-state index in [2.05, 4.69) is 0 Å². The van der Waals surface area contributed by atoms with Gasteiger partial charge in [0.15, 0.2) is 0 Å². The number of aryl methyl sites for hydroxylation is 1. The van der Waals surface area contributed by atoms with Crippen LogP contribution < -0.4 is 0 Å². The van der Waals surface area contributed by atoms with Crippen LogP contribution in [0.4, 0.5) is 0 Å². The van der Waals surface area contributed by atoms with Crippen molar-refractivity contribution >= 4 is 17.7 Å². The van der Waals surface area contributed by atoms with Crippen LogP contribution in [0.15, 0.2) is 52.3 Å². The minimum atomic E-state index is -0.500. The van der Waals surface area contributed by atoms with Crippen LogP contribution >= 0.6 is 11.8 Å². The predicted molar refractivity (Wildman–Crippen MR) is 79.4 cm³/mol. The molecule has 2 rings (SSSR count). The fourth-order valence-electron chi connectivity index (χ4n) is 1.78. The molecule has 20 heavy (non-hydrogen) atoms. The van der Waals surface area contributed by atoms with Gasteiger partial charge in [0.2, 0.25) is 0 Å². The highest BCUT2D eigenvalue weighted by Crippen LogP contribution is 2.39. The number of benzene rings is 2. The molecule has 0 heterocycles. The summed E-state index contributed by atoms with van der Waals surface area (Å²) in [5.41, 5.74) is 1.13. The van der Waals surface area contributed by atoms with E-state index < -0.39 is 5.97 Å². The Balaban J connectivity index is 2.37. The van der Waals surface area contributed by atoms with Crippen molar-refractivity contribution in [3.8, 4) is 5.75 Å². The molecule has 2 aromatic rings. The molecule has 0 aliphatic heterocycles. The van der Waals surface area contributed by atoms with Gasteiger partial charge in [0, 0.05) is 4.90 Å². The number of phenols is 1. The Morgan fingerprint density at radius 2 is 1.90 bits per heavy atom. The number of phenolic OH excluding ortho intramolecular Hbond substituents is 1. The van der Waals surface area contributed by atoms with Gasteiger partial charge in [-0.15, -0.1) is 0 Å². The van der Waals surface area contributed by atoms with E-state index in [9.17, 15) is 9.90 Å². The number of ether oxygens (including phenoxy) is 1. The standard InChI is InChI=1S/C16H16O3S/c1-3-19-16(18)13-10-9-11(2)15(14(13)17)20-12-7-5-4-6-8-12/h4-10,17H,3H2,1-2H3. The van der Waals surface area contributed by atoms with Crippen LogP contribution in [0.3, 0.4) is 0 Å². The number of hydrogen-bond acceptors (Lipinski definition) is 4. The van der Waals surface area contributed by atoms with Gasteiger partial charge in [0.05, 0.1) is 11.5 Å². The first kappa shape index (κ1) is 14.5. The van der Waals surface area contributed by atoms with E-state index in [0.717, 1.165) is 10.5 Å². The third kappa shape index (κ3) is 3.14. The molecule has 0 aliphatic carbocycles. The number of carbonyl (C=O) groups is 1. The van der Waals surface area contributed by atoms with Crippen molar-refractivity contribution in [2.75, 3.05) is 6.61 Å². The maximum absolute atomic E-state index is 11.8. The molecule has 0 spiro atoms. The molecule has 1 N–H and O–H groups in total. The van der Waals surface area contributed by atoms with E-state index in [-0.39, 0.29) is 17.9 Å². The lowest BCUT2D eigenvalue weighted by Gasteiger charge is -2.11. The van der Waals surface area contributed by atoms with Crippen molar-refractivity contribution in [3.05, 3.63) is 53.6 Å². The first-order valence-electron chi connectivity index (χ1n) is 6.36. The lowest BCUT2D eigenvalue weighted by Crippen LogP contribution is -2.05. The Bertz CT molecular complexity index is 609. The molecule has 0 saturated carbocycles. The molecular weight excluding hydrogens is 272 g/mol. The summed E-state index contributed by atoms with van der Waals surface area (Å²) >= 11 is 1.43. The van der Waals surface area contributed by atoms with E-state index in [1.807, 2.05) is 43.3 Å². The van der Waals surface area contributed by atoms with Crippen LogP contribution in [0.1, 0.15) is 22.8 Å². The van der Waals surface area contributed by atoms with Crippen molar-refractivity contribution in [2.45, 2.75) is 23.6 Å². The van der Waals surface area contributed by atoms with Gasteiger partial charge >= 0.3 is 5.97 Å². The summed E-state index contributed by atoms with van der Waals surface area (Å²) in [4.78, 5) is 13.5. The van der Waals surface area contributed by atoms with Gasteiger partial charge in [-0.3, -0.25) is 0 Å². The average molecular weight is 288 g/mol. The van der Waals surface area contributed by atoms with Crippen LogP contribution in [0, 0.1) is 6.92 Å². The molecule has 0 amide bonds. The number of carbonyl (C=O) groups excluding carboxylic acids is 1. The van der Waals surface area contributed by atoms with Crippen LogP contribution in [-0.2, 0) is 4.74 Å². The maximum atomic E-state index is 11.8. The smallest absolute Gasteiger partial charge is 0.341 e. The van der Waals surface area contributed by atoms with E-state index in [1.165, 1.54) is 11.8 Å². The van der Waals surface area contributed by atoms with Crippen molar-refractivity contribution in [2.24, 2.45) is 0 Å². The summed E-state index contributed by atoms with van der Waals surface area (Å²) in [7, 11) is 0. The first-order chi connectivity index (χ1) is 9.63. The summed E-state index contributed by atoms with van der Waals surface area (Å²) in [5.74, 6) is -0.516. The lowest BCUT2D eigenvalue weighted by atomic mass is 10.1. The second kappa shape index (κ2) is 6.48. The molecule has 0 atom stereocenters. The van der Waals surface area contributed by atoms with E-state index in [0.29, 0.717) is 4.90 Å². The van der Waals surface area contributed by atoms with Crippen molar-refractivity contribution in [1.82, 2.24) is 0 Å². The summed E-state index contributed by atoms with van der Waals surface area (Å²) < 4.78 is 4.95. The van der Waals surface area contributed by atoms with Gasteiger partial charge in [-0.25, -0.2) is 4.79 Å². The Kier molecular flexibility index (Phi) is 4.69. The molecule has 0 aromatic heterocycles. The molecule has 3 nitrogen and oxygen atoms in total. The quantitative estimate of drug-likeness (QED) is 0.863. The molecule has 104 valence electrons. The molecule has 2 aromatic carbocycles. The third-order valence-corrected chi connectivity index (χ3v) is 4.01. The van der Waals surface area contributed by atoms with Gasteiger partial charge in [-0.2, -0.15) is 0 Å². The lowest BCUT2D eigenvalue weighted by molar-refractivity contribution is 0.0522. The largest absolute Gasteiger partial charge is 0.506 e. The summed E-state index contributed by atoms with van der Waals surface area (Å²) in [6, 6.07) is 13.1. The Hall–Kier alpha value is -1.94. The zero-order valence-electron chi connectivity index (χ0n) is 11.4. The molecule has 0 bridgehead atoms. The fraction of sp³-hybridized carbons (Fsp3) is 0.188. The highest BCUT2D eigenvalue weighted by atomic mass is 32.2. The number of rotatable bonds is 4. The van der Waals surface area contributed by atoms with E-state index in [1.54, 1.807) is 13.0 Å². The van der Waals surface area contributed by atoms with Crippen LogP contribution in [0.25, 0.3) is 0 Å². The Labute approximate surface area is 122 Å². The SMILES string of the molecule is CCOC(=O)c1ccc(C)c(Sc2ccccc2)c1O. The predicted octanol–water partition coefficient (Wildman–Crippen LogP) is 4.03. The van der Waals surface area contributed by atoms with Gasteiger partial charge in [0.1, 0.15) is 11.3 Å². The summed E-state index contributed by atoms with van der Waals surface area (Å²) in [5, 5.41) is 10.3. The summed E-state index contributed by atoms with van der Waals surface area (Å²) in [6.07, 6.45) is 0. The molecular formula is C16H16O3S. The minimum Gasteiger partial charge on any atom is -0.506 e. The average Bonchev–Trinajstić information content (AvgIpc) is 2.45. The van der Waals surface area contributed by atoms with Crippen molar-refractivity contribution in [3.63, 3.8) is 0 Å². The zero-order chi connectivity index (χ0) is 14.5. The highest BCUT2D eigenvalue weighted by Gasteiger charge is 2.17. The maximum Gasteiger partial charge on any atom is 0.341 e. The molecule has 4 heteroatoms. The second-order valence-corrected chi connectivity index (χ2v) is 5.33. The Morgan fingerprint density at radius 3 is 2.55 bits per heavy atom. The molecule has 0 radical (unpaired) electrons. The van der Waals surface area contributed by atoms with Crippen LogP contribution in [-0.4, -0.2) is 17.7 Å². The minimum absolute atomic E-state index is 0.0164. The third-order valence-electron chi connectivity index (χ3n) is 2.79. The monoisotopic (exact) mass is 288 g/mol. The number of esters is 1. The fourth-order valence-corrected chi connectivity index (χ4v) is 2.75. The first-order valence-corrected chi connectivity index (χ1v) is 7.17. The van der Waals surface area contributed by atoms with Gasteiger partial charge in [-0.1, -0.05) is 36.0 Å². The number of hydrogen-bond donors (Lipinski definition) is 1. The summed E-state index contributed by atoms with van der Waals surface area (Å²) in [6.45, 7) is 3.93. The van der Waals surface area contributed by atoms with Crippen molar-refractivity contribution < 1.29 is 14.6 Å². The molecule has 0 saturated heterocycles. The van der Waals surface area contributed by atoms with Crippen LogP contribution in [0.2, 0.25) is 0 Å².